The molecule has 3 aromatic rings. The van der Waals surface area contributed by atoms with Gasteiger partial charge in [-0.25, -0.2) is 0 Å². The molecule has 1 aromatic carbocycles. The first-order valence-electron chi connectivity index (χ1n) is 6.80. The van der Waals surface area contributed by atoms with Gasteiger partial charge in [-0.1, -0.05) is 0 Å². The molecule has 0 aliphatic carbocycles. The van der Waals surface area contributed by atoms with Gasteiger partial charge in [0.15, 0.2) is 5.75 Å². The zero-order valence-electron chi connectivity index (χ0n) is 12.6. The molecule has 2 aromatic heterocycles. The second kappa shape index (κ2) is 4.77. The maximum absolute atomic E-state index is 6.12. The minimum absolute atomic E-state index is 0.699. The van der Waals surface area contributed by atoms with E-state index in [-0.39, 0.29) is 0 Å². The summed E-state index contributed by atoms with van der Waals surface area (Å²) in [6.07, 6.45) is 1.79. The monoisotopic (exact) mass is 282 g/mol. The van der Waals surface area contributed by atoms with Gasteiger partial charge in [0, 0.05) is 35.4 Å². The average Bonchev–Trinajstić information content (AvgIpc) is 2.68. The number of rotatable bonds is 2. The Morgan fingerprint density at radius 1 is 1.14 bits per heavy atom. The van der Waals surface area contributed by atoms with Crippen molar-refractivity contribution in [2.24, 2.45) is 7.05 Å². The lowest BCUT2D eigenvalue weighted by atomic mass is 10.1. The maximum Gasteiger partial charge on any atom is 0.171 e. The van der Waals surface area contributed by atoms with Crippen LogP contribution in [0, 0.1) is 20.8 Å². The summed E-state index contributed by atoms with van der Waals surface area (Å²) in [5, 5.41) is 6.24. The van der Waals surface area contributed by atoms with Crippen LogP contribution in [0.1, 0.15) is 17.1 Å². The summed E-state index contributed by atoms with van der Waals surface area (Å²) in [6, 6.07) is 5.72. The lowest BCUT2D eigenvalue weighted by Gasteiger charge is -2.11. The Kier molecular flexibility index (Phi) is 3.05. The zero-order chi connectivity index (χ0) is 15.1. The minimum Gasteiger partial charge on any atom is -0.453 e. The number of ether oxygens (including phenoxy) is 1. The molecule has 5 nitrogen and oxygen atoms in total. The van der Waals surface area contributed by atoms with Crippen LogP contribution >= 0.6 is 0 Å². The van der Waals surface area contributed by atoms with Gasteiger partial charge in [0.2, 0.25) is 0 Å². The Bertz CT molecular complexity index is 836. The molecule has 0 amide bonds. The highest BCUT2D eigenvalue weighted by atomic mass is 16.5. The number of nitrogens with zero attached hydrogens (tertiary/aromatic N) is 3. The number of anilines is 1. The topological polar surface area (TPSA) is 66.0 Å². The quantitative estimate of drug-likeness (QED) is 0.733. The Balaban J connectivity index is 2.17. The molecule has 0 fully saturated rings. The number of nitrogen functional groups attached to an aromatic ring is 1. The molecule has 3 rings (SSSR count). The fourth-order valence-corrected chi connectivity index (χ4v) is 2.44. The van der Waals surface area contributed by atoms with Gasteiger partial charge in [0.25, 0.3) is 0 Å². The van der Waals surface area contributed by atoms with Crippen LogP contribution in [0.5, 0.6) is 11.5 Å². The molecular formula is C16H18N4O. The molecule has 0 aliphatic rings. The minimum atomic E-state index is 0.699. The van der Waals surface area contributed by atoms with Gasteiger partial charge in [-0.3, -0.25) is 9.67 Å². The summed E-state index contributed by atoms with van der Waals surface area (Å²) >= 11 is 0. The average molecular weight is 282 g/mol. The maximum atomic E-state index is 6.12. The molecule has 21 heavy (non-hydrogen) atoms. The fourth-order valence-electron chi connectivity index (χ4n) is 2.44. The third-order valence-electron chi connectivity index (χ3n) is 3.69. The molecule has 0 radical (unpaired) electrons. The molecule has 0 aliphatic heterocycles. The number of pyridine rings is 1. The predicted molar refractivity (Wildman–Crippen MR) is 83.6 cm³/mol. The summed E-state index contributed by atoms with van der Waals surface area (Å²) in [5.74, 6) is 1.56. The number of aryl methyl sites for hydroxylation is 3. The highest BCUT2D eigenvalue weighted by Gasteiger charge is 2.14. The van der Waals surface area contributed by atoms with E-state index in [0.29, 0.717) is 5.69 Å². The van der Waals surface area contributed by atoms with Crippen LogP contribution in [0.4, 0.5) is 5.69 Å². The van der Waals surface area contributed by atoms with E-state index in [1.54, 1.807) is 6.20 Å². The predicted octanol–water partition coefficient (Wildman–Crippen LogP) is 3.27. The SMILES string of the molecule is Cc1cc2c(Oc3c(C)nn(C)c3C)ccc(N)c2cn1. The van der Waals surface area contributed by atoms with E-state index in [1.165, 1.54) is 0 Å². The van der Waals surface area contributed by atoms with Crippen molar-refractivity contribution in [2.45, 2.75) is 20.8 Å². The summed E-state index contributed by atoms with van der Waals surface area (Å²) < 4.78 is 7.93. The third kappa shape index (κ3) is 2.20. The molecular weight excluding hydrogens is 264 g/mol. The standard InChI is InChI=1S/C16H18N4O/c1-9-7-12-13(8-18-9)14(17)5-6-15(12)21-16-10(2)19-20(4)11(16)3/h5-8H,17H2,1-4H3. The van der Waals surface area contributed by atoms with E-state index in [1.807, 2.05) is 50.7 Å². The van der Waals surface area contributed by atoms with Gasteiger partial charge in [-0.05, 0) is 39.0 Å². The molecule has 5 heteroatoms. The van der Waals surface area contributed by atoms with Crippen molar-refractivity contribution in [3.8, 4) is 11.5 Å². The van der Waals surface area contributed by atoms with Crippen molar-refractivity contribution in [1.82, 2.24) is 14.8 Å². The first-order valence-corrected chi connectivity index (χ1v) is 6.80. The molecule has 2 heterocycles. The number of benzene rings is 1. The van der Waals surface area contributed by atoms with E-state index in [2.05, 4.69) is 10.1 Å². The van der Waals surface area contributed by atoms with Crippen LogP contribution in [0.25, 0.3) is 10.8 Å². The Morgan fingerprint density at radius 2 is 1.90 bits per heavy atom. The van der Waals surface area contributed by atoms with Gasteiger partial charge in [-0.15, -0.1) is 0 Å². The number of aromatic nitrogens is 3. The van der Waals surface area contributed by atoms with E-state index in [0.717, 1.165) is 39.4 Å². The molecule has 0 atom stereocenters. The molecule has 2 N–H and O–H groups in total. The lowest BCUT2D eigenvalue weighted by molar-refractivity contribution is 0.479. The second-order valence-electron chi connectivity index (χ2n) is 5.25. The molecule has 0 unspecified atom stereocenters. The highest BCUT2D eigenvalue weighted by Crippen LogP contribution is 2.35. The van der Waals surface area contributed by atoms with Gasteiger partial charge < -0.3 is 10.5 Å². The Morgan fingerprint density at radius 3 is 2.57 bits per heavy atom. The molecule has 0 saturated carbocycles. The van der Waals surface area contributed by atoms with E-state index >= 15 is 0 Å². The number of hydrogen-bond donors (Lipinski definition) is 1. The van der Waals surface area contributed by atoms with Crippen LogP contribution in [0.2, 0.25) is 0 Å². The summed E-state index contributed by atoms with van der Waals surface area (Å²) in [7, 11) is 1.91. The van der Waals surface area contributed by atoms with Crippen LogP contribution < -0.4 is 10.5 Å². The number of nitrogens with two attached hydrogens (primary N) is 1. The van der Waals surface area contributed by atoms with Crippen LogP contribution in [0.3, 0.4) is 0 Å². The van der Waals surface area contributed by atoms with E-state index in [9.17, 15) is 0 Å². The van der Waals surface area contributed by atoms with Gasteiger partial charge in [0.1, 0.15) is 11.4 Å². The molecule has 0 saturated heterocycles. The van der Waals surface area contributed by atoms with Crippen molar-refractivity contribution < 1.29 is 4.74 Å². The third-order valence-corrected chi connectivity index (χ3v) is 3.69. The molecule has 0 spiro atoms. The Labute approximate surface area is 123 Å². The van der Waals surface area contributed by atoms with Crippen LogP contribution in [-0.2, 0) is 7.05 Å². The van der Waals surface area contributed by atoms with Crippen molar-refractivity contribution >= 4 is 16.5 Å². The molecule has 0 bridgehead atoms. The number of fused-ring (bicyclic) bond motifs is 1. The second-order valence-corrected chi connectivity index (χ2v) is 5.25. The van der Waals surface area contributed by atoms with Crippen molar-refractivity contribution in [3.63, 3.8) is 0 Å². The van der Waals surface area contributed by atoms with E-state index < -0.39 is 0 Å². The summed E-state index contributed by atoms with van der Waals surface area (Å²) in [4.78, 5) is 4.30. The smallest absolute Gasteiger partial charge is 0.171 e. The first-order chi connectivity index (χ1) is 9.97. The lowest BCUT2D eigenvalue weighted by Crippen LogP contribution is -1.95. The van der Waals surface area contributed by atoms with Crippen molar-refractivity contribution in [2.75, 3.05) is 5.73 Å². The highest BCUT2D eigenvalue weighted by molar-refractivity contribution is 5.96. The van der Waals surface area contributed by atoms with Crippen LogP contribution in [0.15, 0.2) is 24.4 Å². The van der Waals surface area contributed by atoms with Crippen molar-refractivity contribution in [1.29, 1.82) is 0 Å². The number of hydrogen-bond acceptors (Lipinski definition) is 4. The largest absolute Gasteiger partial charge is 0.453 e. The van der Waals surface area contributed by atoms with Gasteiger partial charge >= 0.3 is 0 Å². The first kappa shape index (κ1) is 13.4. The van der Waals surface area contributed by atoms with Gasteiger partial charge in [-0.2, -0.15) is 5.10 Å². The zero-order valence-corrected chi connectivity index (χ0v) is 12.6. The normalized spacial score (nSPS) is 11.0. The molecule has 108 valence electrons. The van der Waals surface area contributed by atoms with E-state index in [4.69, 9.17) is 10.5 Å². The van der Waals surface area contributed by atoms with Gasteiger partial charge in [0.05, 0.1) is 5.69 Å². The fraction of sp³-hybridized carbons (Fsp3) is 0.250. The summed E-state index contributed by atoms with van der Waals surface area (Å²) in [6.45, 7) is 5.88. The van der Waals surface area contributed by atoms with Crippen LogP contribution in [-0.4, -0.2) is 14.8 Å². The summed E-state index contributed by atoms with van der Waals surface area (Å²) in [5.41, 5.74) is 9.50. The van der Waals surface area contributed by atoms with Crippen molar-refractivity contribution in [3.05, 3.63) is 41.5 Å². The Hall–Kier alpha value is -2.56.